The van der Waals surface area contributed by atoms with Crippen LogP contribution in [0.1, 0.15) is 40.0 Å². The van der Waals surface area contributed by atoms with E-state index in [0.717, 1.165) is 0 Å². The van der Waals surface area contributed by atoms with Crippen molar-refractivity contribution in [1.29, 1.82) is 0 Å². The molecule has 122 valence electrons. The fraction of sp³-hybridized carbons (Fsp3) is 0.867. The minimum Gasteiger partial charge on any atom is -0.382 e. The van der Waals surface area contributed by atoms with Gasteiger partial charge in [-0.3, -0.25) is 9.59 Å². The maximum atomic E-state index is 12.8. The van der Waals surface area contributed by atoms with Crippen LogP contribution in [-0.4, -0.2) is 61.8 Å². The fourth-order valence-corrected chi connectivity index (χ4v) is 2.68. The number of rotatable bonds is 8. The SMILES string of the molecule is CCC1(CC)NC(=O)CC(C)N(CCOCCOC)C1=O. The van der Waals surface area contributed by atoms with E-state index < -0.39 is 5.54 Å². The fourth-order valence-electron chi connectivity index (χ4n) is 2.68. The molecule has 1 saturated heterocycles. The van der Waals surface area contributed by atoms with Gasteiger partial charge in [0.15, 0.2) is 0 Å². The van der Waals surface area contributed by atoms with Crippen molar-refractivity contribution >= 4 is 11.8 Å². The van der Waals surface area contributed by atoms with Crippen LogP contribution in [0.3, 0.4) is 0 Å². The molecule has 0 aliphatic carbocycles. The van der Waals surface area contributed by atoms with E-state index in [2.05, 4.69) is 5.32 Å². The molecule has 0 spiro atoms. The van der Waals surface area contributed by atoms with Crippen molar-refractivity contribution in [2.45, 2.75) is 51.6 Å². The first-order valence-corrected chi connectivity index (χ1v) is 7.69. The molecule has 0 aromatic heterocycles. The lowest BCUT2D eigenvalue weighted by molar-refractivity contribution is -0.141. The summed E-state index contributed by atoms with van der Waals surface area (Å²) in [7, 11) is 1.62. The zero-order chi connectivity index (χ0) is 15.9. The van der Waals surface area contributed by atoms with E-state index in [-0.39, 0.29) is 17.9 Å². The number of hydrogen-bond donors (Lipinski definition) is 1. The van der Waals surface area contributed by atoms with Gasteiger partial charge in [-0.05, 0) is 19.8 Å². The van der Waals surface area contributed by atoms with Crippen LogP contribution in [0.15, 0.2) is 0 Å². The second-order valence-electron chi connectivity index (χ2n) is 5.49. The van der Waals surface area contributed by atoms with Gasteiger partial charge in [0.1, 0.15) is 5.54 Å². The van der Waals surface area contributed by atoms with Crippen LogP contribution in [0, 0.1) is 0 Å². The molecule has 0 radical (unpaired) electrons. The predicted octanol–water partition coefficient (Wildman–Crippen LogP) is 0.945. The van der Waals surface area contributed by atoms with Gasteiger partial charge in [0.05, 0.1) is 19.8 Å². The molecule has 1 N–H and O–H groups in total. The number of methoxy groups -OCH3 is 1. The first-order valence-electron chi connectivity index (χ1n) is 7.69. The minimum atomic E-state index is -0.769. The number of hydrogen-bond acceptors (Lipinski definition) is 4. The molecule has 1 rings (SSSR count). The third-order valence-electron chi connectivity index (χ3n) is 4.18. The topological polar surface area (TPSA) is 67.9 Å². The number of nitrogens with one attached hydrogen (secondary N) is 1. The highest BCUT2D eigenvalue weighted by Gasteiger charge is 2.43. The van der Waals surface area contributed by atoms with Gasteiger partial charge in [0, 0.05) is 26.1 Å². The van der Waals surface area contributed by atoms with Crippen LogP contribution in [0.4, 0.5) is 0 Å². The molecule has 21 heavy (non-hydrogen) atoms. The monoisotopic (exact) mass is 300 g/mol. The molecule has 1 aliphatic heterocycles. The predicted molar refractivity (Wildman–Crippen MR) is 79.9 cm³/mol. The average Bonchev–Trinajstić information content (AvgIpc) is 2.55. The molecule has 0 bridgehead atoms. The molecule has 0 aromatic carbocycles. The van der Waals surface area contributed by atoms with E-state index in [1.165, 1.54) is 0 Å². The lowest BCUT2D eigenvalue weighted by atomic mass is 9.91. The Bertz CT molecular complexity index is 356. The number of nitrogens with zero attached hydrogens (tertiary/aromatic N) is 1. The first-order chi connectivity index (χ1) is 10.0. The molecule has 1 unspecified atom stereocenters. The molecule has 0 aromatic rings. The van der Waals surface area contributed by atoms with Gasteiger partial charge in [0.25, 0.3) is 0 Å². The summed E-state index contributed by atoms with van der Waals surface area (Å²) >= 11 is 0. The maximum Gasteiger partial charge on any atom is 0.248 e. The summed E-state index contributed by atoms with van der Waals surface area (Å²) in [4.78, 5) is 26.6. The number of carbonyl (C=O) groups is 2. The lowest BCUT2D eigenvalue weighted by Gasteiger charge is -2.35. The summed E-state index contributed by atoms with van der Waals surface area (Å²) in [6.45, 7) is 7.79. The Kier molecular flexibility index (Phi) is 7.11. The highest BCUT2D eigenvalue weighted by molar-refractivity contribution is 5.93. The third-order valence-corrected chi connectivity index (χ3v) is 4.18. The van der Waals surface area contributed by atoms with Crippen LogP contribution in [0.5, 0.6) is 0 Å². The molecule has 0 saturated carbocycles. The Morgan fingerprint density at radius 3 is 2.48 bits per heavy atom. The summed E-state index contributed by atoms with van der Waals surface area (Å²) in [5.74, 6) is -0.0523. The van der Waals surface area contributed by atoms with Gasteiger partial charge in [-0.15, -0.1) is 0 Å². The van der Waals surface area contributed by atoms with Crippen molar-refractivity contribution in [3.05, 3.63) is 0 Å². The average molecular weight is 300 g/mol. The molecule has 6 heteroatoms. The summed E-state index contributed by atoms with van der Waals surface area (Å²) in [5.41, 5.74) is -0.769. The Hall–Kier alpha value is -1.14. The summed E-state index contributed by atoms with van der Waals surface area (Å²) in [6.07, 6.45) is 1.54. The zero-order valence-corrected chi connectivity index (χ0v) is 13.6. The quantitative estimate of drug-likeness (QED) is 0.678. The van der Waals surface area contributed by atoms with Gasteiger partial charge >= 0.3 is 0 Å². The third kappa shape index (κ3) is 4.41. The summed E-state index contributed by atoms with van der Waals surface area (Å²) in [5, 5.41) is 2.92. The van der Waals surface area contributed by atoms with Crippen LogP contribution < -0.4 is 5.32 Å². The van der Waals surface area contributed by atoms with E-state index in [0.29, 0.717) is 45.6 Å². The van der Waals surface area contributed by atoms with E-state index in [4.69, 9.17) is 9.47 Å². The Balaban J connectivity index is 2.74. The Labute approximate surface area is 127 Å². The van der Waals surface area contributed by atoms with Gasteiger partial charge in [-0.25, -0.2) is 0 Å². The van der Waals surface area contributed by atoms with Gasteiger partial charge in [0.2, 0.25) is 11.8 Å². The zero-order valence-electron chi connectivity index (χ0n) is 13.6. The molecular weight excluding hydrogens is 272 g/mol. The van der Waals surface area contributed by atoms with Crippen LogP contribution in [0.2, 0.25) is 0 Å². The first kappa shape index (κ1) is 17.9. The van der Waals surface area contributed by atoms with Crippen molar-refractivity contribution in [1.82, 2.24) is 10.2 Å². The highest BCUT2D eigenvalue weighted by atomic mass is 16.5. The second-order valence-corrected chi connectivity index (χ2v) is 5.49. The molecule has 6 nitrogen and oxygen atoms in total. The normalized spacial score (nSPS) is 22.1. The Morgan fingerprint density at radius 1 is 1.24 bits per heavy atom. The van der Waals surface area contributed by atoms with E-state index in [9.17, 15) is 9.59 Å². The van der Waals surface area contributed by atoms with Gasteiger partial charge < -0.3 is 19.7 Å². The van der Waals surface area contributed by atoms with E-state index in [1.807, 2.05) is 20.8 Å². The standard InChI is InChI=1S/C15H28N2O4/c1-5-15(6-2)14(19)17(7-8-21-10-9-20-4)12(3)11-13(18)16-15/h12H,5-11H2,1-4H3,(H,16,18). The van der Waals surface area contributed by atoms with Crippen molar-refractivity contribution in [3.8, 4) is 0 Å². The van der Waals surface area contributed by atoms with Crippen LogP contribution in [-0.2, 0) is 19.1 Å². The van der Waals surface area contributed by atoms with E-state index >= 15 is 0 Å². The smallest absolute Gasteiger partial charge is 0.248 e. The molecule has 1 atom stereocenters. The summed E-state index contributed by atoms with van der Waals surface area (Å²) in [6, 6.07) is -0.108. The minimum absolute atomic E-state index is 0.00110. The molecule has 1 heterocycles. The number of carbonyl (C=O) groups excluding carboxylic acids is 2. The van der Waals surface area contributed by atoms with Crippen LogP contribution in [0.25, 0.3) is 0 Å². The second kappa shape index (κ2) is 8.34. The van der Waals surface area contributed by atoms with Crippen LogP contribution >= 0.6 is 0 Å². The number of ether oxygens (including phenoxy) is 2. The molecular formula is C15H28N2O4. The van der Waals surface area contributed by atoms with E-state index in [1.54, 1.807) is 12.0 Å². The van der Waals surface area contributed by atoms with Gasteiger partial charge in [-0.2, -0.15) is 0 Å². The molecule has 2 amide bonds. The highest BCUT2D eigenvalue weighted by Crippen LogP contribution is 2.24. The largest absolute Gasteiger partial charge is 0.382 e. The van der Waals surface area contributed by atoms with Crippen molar-refractivity contribution in [2.75, 3.05) is 33.5 Å². The lowest BCUT2D eigenvalue weighted by Crippen LogP contribution is -2.57. The number of amides is 2. The molecule has 1 aliphatic rings. The van der Waals surface area contributed by atoms with Gasteiger partial charge in [-0.1, -0.05) is 13.8 Å². The van der Waals surface area contributed by atoms with Crippen molar-refractivity contribution in [3.63, 3.8) is 0 Å². The molecule has 1 fully saturated rings. The van der Waals surface area contributed by atoms with Crippen molar-refractivity contribution < 1.29 is 19.1 Å². The Morgan fingerprint density at radius 2 is 1.90 bits per heavy atom. The van der Waals surface area contributed by atoms with Crippen molar-refractivity contribution in [2.24, 2.45) is 0 Å². The summed E-state index contributed by atoms with van der Waals surface area (Å²) < 4.78 is 10.4. The maximum absolute atomic E-state index is 12.8.